The van der Waals surface area contributed by atoms with E-state index in [9.17, 15) is 44.4 Å². The summed E-state index contributed by atoms with van der Waals surface area (Å²) in [6, 6.07) is 28.8. The molecule has 232 valence electrons. The zero-order valence-electron chi connectivity index (χ0n) is 24.3. The van der Waals surface area contributed by atoms with Gasteiger partial charge in [0.15, 0.2) is 5.78 Å². The van der Waals surface area contributed by atoms with Gasteiger partial charge in [0.25, 0.3) is 0 Å². The molecular weight excluding hydrogens is 604 g/mol. The Kier molecular flexibility index (Phi) is 9.05. The van der Waals surface area contributed by atoms with Gasteiger partial charge >= 0.3 is 23.9 Å². The van der Waals surface area contributed by atoms with Gasteiger partial charge in [0, 0.05) is 5.56 Å². The molecule has 0 aliphatic carbocycles. The average molecular weight is 629 g/mol. The summed E-state index contributed by atoms with van der Waals surface area (Å²) < 4.78 is 5.80. The number of allylic oxidation sites excluding steroid dienone is 1. The van der Waals surface area contributed by atoms with E-state index < -0.39 is 46.1 Å². The molecule has 10 heteroatoms. The van der Waals surface area contributed by atoms with E-state index in [1.54, 1.807) is 54.6 Å². The molecule has 0 aromatic heterocycles. The van der Waals surface area contributed by atoms with Gasteiger partial charge < -0.3 is 25.2 Å². The highest BCUT2D eigenvalue weighted by atomic mass is 16.5. The van der Waals surface area contributed by atoms with Gasteiger partial charge in [-0.15, -0.1) is 0 Å². The van der Waals surface area contributed by atoms with Crippen molar-refractivity contribution in [3.05, 3.63) is 149 Å². The van der Waals surface area contributed by atoms with Crippen LogP contribution >= 0.6 is 0 Å². The van der Waals surface area contributed by atoms with E-state index in [0.717, 1.165) is 22.8 Å². The lowest BCUT2D eigenvalue weighted by molar-refractivity contribution is 0.0648. The zero-order chi connectivity index (χ0) is 33.7. The van der Waals surface area contributed by atoms with Crippen LogP contribution in [0.15, 0.2) is 115 Å². The van der Waals surface area contributed by atoms with E-state index >= 15 is 0 Å². The first-order chi connectivity index (χ1) is 22.5. The van der Waals surface area contributed by atoms with Crippen molar-refractivity contribution < 1.29 is 49.1 Å². The number of carboxylic acids is 4. The SMILES string of the molecule is O=C(C=Cc1ccc(-c2ccc(Oc3ccc(-c4cccc(C(=O)O)c4C(=O)O)c(C(=O)O)c3C(=O)O)cc2)cc1)c1ccccc1. The zero-order valence-corrected chi connectivity index (χ0v) is 24.3. The maximum atomic E-state index is 12.4. The third-order valence-electron chi connectivity index (χ3n) is 7.21. The molecule has 0 saturated carbocycles. The van der Waals surface area contributed by atoms with Crippen molar-refractivity contribution in [3.8, 4) is 33.8 Å². The topological polar surface area (TPSA) is 176 Å². The molecular formula is C37H24O10. The molecule has 0 saturated heterocycles. The number of carbonyl (C=O) groups is 5. The molecule has 0 unspecified atom stereocenters. The molecule has 0 atom stereocenters. The Morgan fingerprint density at radius 1 is 0.511 bits per heavy atom. The van der Waals surface area contributed by atoms with Crippen LogP contribution in [0.25, 0.3) is 28.3 Å². The Morgan fingerprint density at radius 2 is 1.09 bits per heavy atom. The number of hydrogen-bond donors (Lipinski definition) is 4. The van der Waals surface area contributed by atoms with E-state index in [4.69, 9.17) is 4.74 Å². The van der Waals surface area contributed by atoms with Gasteiger partial charge in [-0.2, -0.15) is 0 Å². The molecule has 0 heterocycles. The molecule has 5 aromatic rings. The molecule has 0 fully saturated rings. The van der Waals surface area contributed by atoms with Gasteiger partial charge in [0.2, 0.25) is 0 Å². The summed E-state index contributed by atoms with van der Waals surface area (Å²) in [5, 5.41) is 39.3. The molecule has 0 spiro atoms. The van der Waals surface area contributed by atoms with Crippen molar-refractivity contribution >= 4 is 35.7 Å². The van der Waals surface area contributed by atoms with Crippen molar-refractivity contribution in [1.82, 2.24) is 0 Å². The summed E-state index contributed by atoms with van der Waals surface area (Å²) >= 11 is 0. The molecule has 0 aliphatic rings. The van der Waals surface area contributed by atoms with Crippen molar-refractivity contribution in [1.29, 1.82) is 0 Å². The highest BCUT2D eigenvalue weighted by molar-refractivity contribution is 6.12. The largest absolute Gasteiger partial charge is 0.478 e. The predicted molar refractivity (Wildman–Crippen MR) is 171 cm³/mol. The second-order valence-corrected chi connectivity index (χ2v) is 10.1. The van der Waals surface area contributed by atoms with Gasteiger partial charge in [-0.05, 0) is 64.2 Å². The lowest BCUT2D eigenvalue weighted by Gasteiger charge is -2.17. The monoisotopic (exact) mass is 628 g/mol. The minimum absolute atomic E-state index is 0.112. The number of carboxylic acid groups (broad SMARTS) is 4. The second kappa shape index (κ2) is 13.4. The van der Waals surface area contributed by atoms with E-state index in [-0.39, 0.29) is 28.4 Å². The maximum Gasteiger partial charge on any atom is 0.340 e. The number of ether oxygens (including phenoxy) is 1. The van der Waals surface area contributed by atoms with Gasteiger partial charge in [0.05, 0.1) is 16.7 Å². The quantitative estimate of drug-likeness (QED) is 0.0846. The van der Waals surface area contributed by atoms with Crippen molar-refractivity contribution in [3.63, 3.8) is 0 Å². The number of rotatable bonds is 11. The fraction of sp³-hybridized carbons (Fsp3) is 0. The number of hydrogen-bond acceptors (Lipinski definition) is 6. The summed E-state index contributed by atoms with van der Waals surface area (Å²) in [5.74, 6) is -6.75. The van der Waals surface area contributed by atoms with E-state index in [0.29, 0.717) is 5.56 Å². The second-order valence-electron chi connectivity index (χ2n) is 10.1. The average Bonchev–Trinajstić information content (AvgIpc) is 3.07. The van der Waals surface area contributed by atoms with Crippen LogP contribution in [0.1, 0.15) is 57.4 Å². The summed E-state index contributed by atoms with van der Waals surface area (Å²) in [4.78, 5) is 60.8. The molecule has 0 radical (unpaired) electrons. The van der Waals surface area contributed by atoms with Crippen LogP contribution in [0.3, 0.4) is 0 Å². The Balaban J connectivity index is 1.42. The van der Waals surface area contributed by atoms with E-state index in [1.165, 1.54) is 30.3 Å². The Labute approximate surface area is 267 Å². The van der Waals surface area contributed by atoms with Crippen LogP contribution in [0.2, 0.25) is 0 Å². The Hall–Kier alpha value is -6.81. The van der Waals surface area contributed by atoms with Crippen LogP contribution in [0.4, 0.5) is 0 Å². The molecule has 4 N–H and O–H groups in total. The molecule has 10 nitrogen and oxygen atoms in total. The van der Waals surface area contributed by atoms with E-state index in [2.05, 4.69) is 0 Å². The molecule has 5 aromatic carbocycles. The summed E-state index contributed by atoms with van der Waals surface area (Å²) in [7, 11) is 0. The lowest BCUT2D eigenvalue weighted by atomic mass is 9.89. The fourth-order valence-corrected chi connectivity index (χ4v) is 5.01. The lowest BCUT2D eigenvalue weighted by Crippen LogP contribution is -2.14. The minimum atomic E-state index is -1.68. The summed E-state index contributed by atoms with van der Waals surface area (Å²) in [5.41, 5.74) is -0.313. The molecule has 5 rings (SSSR count). The van der Waals surface area contributed by atoms with Gasteiger partial charge in [-0.25, -0.2) is 19.2 Å². The Morgan fingerprint density at radius 3 is 1.66 bits per heavy atom. The fourth-order valence-electron chi connectivity index (χ4n) is 5.01. The van der Waals surface area contributed by atoms with Crippen molar-refractivity contribution in [2.75, 3.05) is 0 Å². The highest BCUT2D eigenvalue weighted by Crippen LogP contribution is 2.37. The van der Waals surface area contributed by atoms with Crippen LogP contribution in [0.5, 0.6) is 11.5 Å². The molecule has 47 heavy (non-hydrogen) atoms. The van der Waals surface area contributed by atoms with Crippen molar-refractivity contribution in [2.45, 2.75) is 0 Å². The Bertz CT molecular complexity index is 2060. The number of ketones is 1. The molecule has 0 bridgehead atoms. The summed E-state index contributed by atoms with van der Waals surface area (Å²) in [6.07, 6.45) is 3.22. The van der Waals surface area contributed by atoms with Crippen LogP contribution < -0.4 is 4.74 Å². The first-order valence-electron chi connectivity index (χ1n) is 13.9. The maximum absolute atomic E-state index is 12.4. The third-order valence-corrected chi connectivity index (χ3v) is 7.21. The smallest absolute Gasteiger partial charge is 0.340 e. The first-order valence-corrected chi connectivity index (χ1v) is 13.9. The normalized spacial score (nSPS) is 10.8. The van der Waals surface area contributed by atoms with Crippen LogP contribution in [-0.2, 0) is 0 Å². The van der Waals surface area contributed by atoms with Crippen molar-refractivity contribution in [2.24, 2.45) is 0 Å². The van der Waals surface area contributed by atoms with E-state index in [1.807, 2.05) is 30.3 Å². The third kappa shape index (κ3) is 6.81. The number of carbonyl (C=O) groups excluding carboxylic acids is 1. The summed E-state index contributed by atoms with van der Waals surface area (Å²) in [6.45, 7) is 0. The minimum Gasteiger partial charge on any atom is -0.478 e. The standard InChI is InChI=1S/C37H24O10/c38-29(24-5-2-1-3-6-24)19-11-21-9-12-22(13-10-21)23-14-16-25(17-15-23)47-30-20-18-27(32(36(43)44)33(30)37(45)46)26-7-4-8-28(34(39)40)31(26)35(41)42/h1-20H,(H,39,40)(H,41,42)(H,43,44)(H,45,46). The van der Waals surface area contributed by atoms with Crippen LogP contribution in [0, 0.1) is 0 Å². The number of benzene rings is 5. The van der Waals surface area contributed by atoms with Gasteiger partial charge in [-0.1, -0.05) is 84.9 Å². The molecule has 0 aliphatic heterocycles. The predicted octanol–water partition coefficient (Wildman–Crippen LogP) is 7.50. The van der Waals surface area contributed by atoms with Gasteiger partial charge in [-0.3, -0.25) is 4.79 Å². The van der Waals surface area contributed by atoms with Gasteiger partial charge in [0.1, 0.15) is 17.1 Å². The van der Waals surface area contributed by atoms with Crippen LogP contribution in [-0.4, -0.2) is 50.1 Å². The highest BCUT2D eigenvalue weighted by Gasteiger charge is 2.29. The molecule has 0 amide bonds. The number of aromatic carboxylic acids is 4. The first kappa shape index (κ1) is 31.6.